The second-order valence-corrected chi connectivity index (χ2v) is 7.41. The van der Waals surface area contributed by atoms with Crippen molar-refractivity contribution in [2.75, 3.05) is 16.7 Å². The van der Waals surface area contributed by atoms with E-state index in [0.29, 0.717) is 22.7 Å². The number of nitrogens with one attached hydrogen (secondary N) is 1. The maximum Gasteiger partial charge on any atom is 0.267 e. The minimum absolute atomic E-state index is 0.118. The first kappa shape index (κ1) is 16.3. The molecule has 2 aromatic rings. The molecule has 0 radical (unpaired) electrons. The molecule has 1 aliphatic heterocycles. The van der Waals surface area contributed by atoms with Gasteiger partial charge in [0.15, 0.2) is 6.10 Å². The second kappa shape index (κ2) is 6.16. The molecule has 1 unspecified atom stereocenters. The van der Waals surface area contributed by atoms with Crippen LogP contribution in [-0.2, 0) is 20.6 Å². The van der Waals surface area contributed by atoms with Gasteiger partial charge in [-0.05, 0) is 30.7 Å². The number of anilines is 2. The Morgan fingerprint density at radius 3 is 2.58 bits per heavy atom. The number of hydrogen-bond donors (Lipinski definition) is 1. The van der Waals surface area contributed by atoms with Crippen LogP contribution in [0, 0.1) is 0 Å². The van der Waals surface area contributed by atoms with Crippen molar-refractivity contribution in [2.24, 2.45) is 0 Å². The average molecular weight is 346 g/mol. The van der Waals surface area contributed by atoms with Crippen molar-refractivity contribution < 1.29 is 17.9 Å². The van der Waals surface area contributed by atoms with E-state index in [0.717, 1.165) is 0 Å². The summed E-state index contributed by atoms with van der Waals surface area (Å²) in [6.45, 7) is 1.68. The molecule has 126 valence electrons. The van der Waals surface area contributed by atoms with Crippen LogP contribution in [0.3, 0.4) is 0 Å². The number of ether oxygens (including phenoxy) is 1. The van der Waals surface area contributed by atoms with Crippen molar-refractivity contribution in [1.29, 1.82) is 0 Å². The van der Waals surface area contributed by atoms with E-state index in [2.05, 4.69) is 4.72 Å². The number of likely N-dealkylation sites (N-methyl/N-ethyl adjacent to an activating group) is 1. The van der Waals surface area contributed by atoms with E-state index in [1.807, 2.05) is 6.07 Å². The van der Waals surface area contributed by atoms with E-state index < -0.39 is 16.1 Å². The van der Waals surface area contributed by atoms with Gasteiger partial charge >= 0.3 is 0 Å². The van der Waals surface area contributed by atoms with Crippen LogP contribution in [0.2, 0.25) is 0 Å². The third-order valence-electron chi connectivity index (χ3n) is 3.78. The molecule has 1 heterocycles. The normalized spacial score (nSPS) is 17.2. The van der Waals surface area contributed by atoms with Gasteiger partial charge in [-0.3, -0.25) is 9.52 Å². The average Bonchev–Trinajstić information content (AvgIpc) is 2.53. The van der Waals surface area contributed by atoms with Crippen molar-refractivity contribution in [3.63, 3.8) is 0 Å². The summed E-state index contributed by atoms with van der Waals surface area (Å²) >= 11 is 0. The van der Waals surface area contributed by atoms with Gasteiger partial charge in [-0.2, -0.15) is 0 Å². The Hall–Kier alpha value is -2.54. The smallest absolute Gasteiger partial charge is 0.267 e. The molecular formula is C17H18N2O4S. The van der Waals surface area contributed by atoms with Gasteiger partial charge in [0.25, 0.3) is 5.91 Å². The number of sulfonamides is 1. The fraction of sp³-hybridized carbons (Fsp3) is 0.235. The lowest BCUT2D eigenvalue weighted by atomic mass is 10.2. The number of amides is 1. The summed E-state index contributed by atoms with van der Waals surface area (Å²) in [4.78, 5) is 13.5. The largest absolute Gasteiger partial charge is 0.479 e. The number of nitrogens with zero attached hydrogens (tertiary/aromatic N) is 1. The van der Waals surface area contributed by atoms with E-state index >= 15 is 0 Å². The Kier molecular flexibility index (Phi) is 4.19. The molecule has 24 heavy (non-hydrogen) atoms. The maximum absolute atomic E-state index is 12.3. The van der Waals surface area contributed by atoms with Gasteiger partial charge in [0, 0.05) is 7.05 Å². The van der Waals surface area contributed by atoms with Gasteiger partial charge in [-0.15, -0.1) is 0 Å². The van der Waals surface area contributed by atoms with Crippen LogP contribution in [0.15, 0.2) is 48.5 Å². The molecule has 0 fully saturated rings. The molecule has 6 nitrogen and oxygen atoms in total. The van der Waals surface area contributed by atoms with Gasteiger partial charge in [0.2, 0.25) is 10.0 Å². The van der Waals surface area contributed by atoms with Crippen molar-refractivity contribution in [1.82, 2.24) is 0 Å². The first-order valence-corrected chi connectivity index (χ1v) is 9.14. The Morgan fingerprint density at radius 2 is 1.88 bits per heavy atom. The number of carbonyl (C=O) groups excluding carboxylic acids is 1. The highest BCUT2D eigenvalue weighted by Gasteiger charge is 2.29. The lowest BCUT2D eigenvalue weighted by Crippen LogP contribution is -2.41. The highest BCUT2D eigenvalue weighted by atomic mass is 32.2. The standard InChI is InChI=1S/C17H18N2O4S/c1-12-17(20)19(2)15-10-14(8-9-16(15)23-12)18-24(21,22)11-13-6-4-3-5-7-13/h3-10,12,18H,11H2,1-2H3. The minimum atomic E-state index is -3.55. The Balaban J connectivity index is 1.83. The number of fused-ring (bicyclic) bond motifs is 1. The third kappa shape index (κ3) is 3.35. The Labute approximate surface area is 141 Å². The zero-order valence-electron chi connectivity index (χ0n) is 13.4. The van der Waals surface area contributed by atoms with Crippen LogP contribution in [0.5, 0.6) is 5.75 Å². The van der Waals surface area contributed by atoms with Crippen molar-refractivity contribution in [2.45, 2.75) is 18.8 Å². The lowest BCUT2D eigenvalue weighted by molar-refractivity contribution is -0.125. The third-order valence-corrected chi connectivity index (χ3v) is 5.04. The maximum atomic E-state index is 12.3. The summed E-state index contributed by atoms with van der Waals surface area (Å²) < 4.78 is 32.7. The number of rotatable bonds is 4. The molecule has 0 aromatic heterocycles. The number of hydrogen-bond acceptors (Lipinski definition) is 4. The molecule has 1 N–H and O–H groups in total. The second-order valence-electron chi connectivity index (χ2n) is 5.69. The molecule has 0 saturated heterocycles. The SMILES string of the molecule is CC1Oc2ccc(NS(=O)(=O)Cc3ccccc3)cc2N(C)C1=O. The quantitative estimate of drug-likeness (QED) is 0.922. The van der Waals surface area contributed by atoms with Crippen molar-refractivity contribution in [3.05, 3.63) is 54.1 Å². The van der Waals surface area contributed by atoms with Crippen LogP contribution in [-0.4, -0.2) is 27.5 Å². The van der Waals surface area contributed by atoms with E-state index in [9.17, 15) is 13.2 Å². The molecule has 3 rings (SSSR count). The van der Waals surface area contributed by atoms with Gasteiger partial charge < -0.3 is 9.64 Å². The van der Waals surface area contributed by atoms with Gasteiger partial charge in [0.1, 0.15) is 5.75 Å². The predicted octanol–water partition coefficient (Wildman–Crippen LogP) is 2.37. The molecule has 1 aliphatic rings. The van der Waals surface area contributed by atoms with Gasteiger partial charge in [-0.1, -0.05) is 30.3 Å². The Bertz CT molecular complexity index is 865. The highest BCUT2D eigenvalue weighted by molar-refractivity contribution is 7.91. The summed E-state index contributed by atoms with van der Waals surface area (Å²) in [6.07, 6.45) is -0.553. The summed E-state index contributed by atoms with van der Waals surface area (Å²) in [7, 11) is -1.91. The molecule has 2 aromatic carbocycles. The Morgan fingerprint density at radius 1 is 1.17 bits per heavy atom. The molecule has 0 aliphatic carbocycles. The first-order valence-electron chi connectivity index (χ1n) is 7.48. The molecule has 1 atom stereocenters. The fourth-order valence-electron chi connectivity index (χ4n) is 2.58. The van der Waals surface area contributed by atoms with Crippen LogP contribution in [0.1, 0.15) is 12.5 Å². The van der Waals surface area contributed by atoms with Gasteiger partial charge in [0.05, 0.1) is 17.1 Å². The lowest BCUT2D eigenvalue weighted by Gasteiger charge is -2.30. The van der Waals surface area contributed by atoms with Crippen molar-refractivity contribution in [3.8, 4) is 5.75 Å². The van der Waals surface area contributed by atoms with Crippen LogP contribution >= 0.6 is 0 Å². The summed E-state index contributed by atoms with van der Waals surface area (Å²) in [5.41, 5.74) is 1.63. The topological polar surface area (TPSA) is 75.7 Å². The molecular weight excluding hydrogens is 328 g/mol. The highest BCUT2D eigenvalue weighted by Crippen LogP contribution is 2.35. The number of benzene rings is 2. The zero-order chi connectivity index (χ0) is 17.3. The van der Waals surface area contributed by atoms with E-state index in [4.69, 9.17) is 4.74 Å². The molecule has 0 saturated carbocycles. The van der Waals surface area contributed by atoms with Crippen LogP contribution in [0.4, 0.5) is 11.4 Å². The number of carbonyl (C=O) groups is 1. The molecule has 0 bridgehead atoms. The van der Waals surface area contributed by atoms with Crippen molar-refractivity contribution >= 4 is 27.3 Å². The minimum Gasteiger partial charge on any atom is -0.479 e. The van der Waals surface area contributed by atoms with E-state index in [-0.39, 0.29) is 11.7 Å². The molecule has 7 heteroatoms. The van der Waals surface area contributed by atoms with Crippen LogP contribution < -0.4 is 14.4 Å². The van der Waals surface area contributed by atoms with E-state index in [1.165, 1.54) is 4.90 Å². The fourth-order valence-corrected chi connectivity index (χ4v) is 3.77. The monoisotopic (exact) mass is 346 g/mol. The zero-order valence-corrected chi connectivity index (χ0v) is 14.2. The van der Waals surface area contributed by atoms with E-state index in [1.54, 1.807) is 56.4 Å². The summed E-state index contributed by atoms with van der Waals surface area (Å²) in [5.74, 6) is 0.259. The predicted molar refractivity (Wildman–Crippen MR) is 92.6 cm³/mol. The van der Waals surface area contributed by atoms with Crippen LogP contribution in [0.25, 0.3) is 0 Å². The first-order chi connectivity index (χ1) is 11.4. The molecule has 1 amide bonds. The van der Waals surface area contributed by atoms with Gasteiger partial charge in [-0.25, -0.2) is 8.42 Å². The molecule has 0 spiro atoms. The summed E-state index contributed by atoms with van der Waals surface area (Å²) in [5, 5.41) is 0. The summed E-state index contributed by atoms with van der Waals surface area (Å²) in [6, 6.07) is 13.8.